The van der Waals surface area contributed by atoms with E-state index < -0.39 is 11.8 Å². The maximum atomic E-state index is 12.4. The molecule has 0 aliphatic heterocycles. The minimum atomic E-state index is -0.405. The van der Waals surface area contributed by atoms with Gasteiger partial charge in [0.25, 0.3) is 11.8 Å². The first kappa shape index (κ1) is 23.2. The van der Waals surface area contributed by atoms with E-state index in [9.17, 15) is 9.59 Å². The van der Waals surface area contributed by atoms with Crippen LogP contribution in [-0.4, -0.2) is 31.6 Å². The summed E-state index contributed by atoms with van der Waals surface area (Å²) in [6.07, 6.45) is 3.66. The Kier molecular flexibility index (Phi) is 7.03. The average Bonchev–Trinajstić information content (AvgIpc) is 3.27. The van der Waals surface area contributed by atoms with E-state index in [-0.39, 0.29) is 0 Å². The van der Waals surface area contributed by atoms with Gasteiger partial charge in [-0.2, -0.15) is 5.10 Å². The first-order chi connectivity index (χ1) is 16.4. The van der Waals surface area contributed by atoms with Crippen molar-refractivity contribution in [1.29, 1.82) is 0 Å². The van der Waals surface area contributed by atoms with Crippen LogP contribution < -0.4 is 10.9 Å². The van der Waals surface area contributed by atoms with Gasteiger partial charge in [0.05, 0.1) is 11.9 Å². The second-order valence-electron chi connectivity index (χ2n) is 7.84. The molecule has 2 amide bonds. The van der Waals surface area contributed by atoms with Crippen LogP contribution in [0.4, 0.5) is 0 Å². The Morgan fingerprint density at radius 1 is 0.853 bits per heavy atom. The SMILES string of the molecule is Cc1cnn(-c2ccc(C(=O)NNC(=O)c3ccc(CSc4nc(C)cc(C)n4)cc3)cc2)c1. The van der Waals surface area contributed by atoms with Crippen LogP contribution in [0.15, 0.2) is 72.1 Å². The lowest BCUT2D eigenvalue weighted by Crippen LogP contribution is -2.41. The predicted molar refractivity (Wildman–Crippen MR) is 131 cm³/mol. The Bertz CT molecular complexity index is 1300. The third-order valence-electron chi connectivity index (χ3n) is 4.94. The summed E-state index contributed by atoms with van der Waals surface area (Å²) in [7, 11) is 0. The molecule has 4 rings (SSSR count). The van der Waals surface area contributed by atoms with Gasteiger partial charge in [-0.15, -0.1) is 0 Å². The van der Waals surface area contributed by atoms with Crippen molar-refractivity contribution in [1.82, 2.24) is 30.6 Å². The fourth-order valence-corrected chi connectivity index (χ4v) is 4.14. The van der Waals surface area contributed by atoms with Crippen LogP contribution in [0.3, 0.4) is 0 Å². The van der Waals surface area contributed by atoms with Crippen LogP contribution in [0.5, 0.6) is 0 Å². The third kappa shape index (κ3) is 5.87. The van der Waals surface area contributed by atoms with E-state index in [1.807, 2.05) is 45.2 Å². The molecule has 0 spiro atoms. The Morgan fingerprint density at radius 3 is 1.94 bits per heavy atom. The molecular weight excluding hydrogens is 448 g/mol. The number of aryl methyl sites for hydroxylation is 3. The maximum Gasteiger partial charge on any atom is 0.269 e. The van der Waals surface area contributed by atoms with Crippen molar-refractivity contribution in [2.75, 3.05) is 0 Å². The Balaban J connectivity index is 1.29. The summed E-state index contributed by atoms with van der Waals surface area (Å²) in [6, 6.07) is 16.1. The van der Waals surface area contributed by atoms with E-state index in [1.54, 1.807) is 59.0 Å². The number of amides is 2. The molecule has 34 heavy (non-hydrogen) atoms. The van der Waals surface area contributed by atoms with Crippen LogP contribution in [0, 0.1) is 20.8 Å². The number of thioether (sulfide) groups is 1. The van der Waals surface area contributed by atoms with Gasteiger partial charge in [-0.05, 0) is 74.4 Å². The van der Waals surface area contributed by atoms with Gasteiger partial charge in [-0.1, -0.05) is 23.9 Å². The molecule has 9 heteroatoms. The van der Waals surface area contributed by atoms with Gasteiger partial charge in [0, 0.05) is 34.5 Å². The molecule has 0 unspecified atom stereocenters. The summed E-state index contributed by atoms with van der Waals surface area (Å²) in [5.74, 6) is -0.109. The molecule has 0 aliphatic rings. The summed E-state index contributed by atoms with van der Waals surface area (Å²) in [5, 5.41) is 4.98. The highest BCUT2D eigenvalue weighted by Gasteiger charge is 2.10. The van der Waals surface area contributed by atoms with Crippen LogP contribution in [0.25, 0.3) is 5.69 Å². The zero-order valence-corrected chi connectivity index (χ0v) is 19.9. The number of hydrogen-bond donors (Lipinski definition) is 2. The van der Waals surface area contributed by atoms with E-state index >= 15 is 0 Å². The number of nitrogens with one attached hydrogen (secondary N) is 2. The molecule has 2 aromatic carbocycles. The van der Waals surface area contributed by atoms with Crippen molar-refractivity contribution in [3.05, 3.63) is 101 Å². The van der Waals surface area contributed by atoms with E-state index in [2.05, 4.69) is 25.9 Å². The lowest BCUT2D eigenvalue weighted by atomic mass is 10.1. The van der Waals surface area contributed by atoms with Crippen LogP contribution in [-0.2, 0) is 5.75 Å². The van der Waals surface area contributed by atoms with Crippen molar-refractivity contribution < 1.29 is 9.59 Å². The standard InChI is InChI=1S/C25H24N6O2S/c1-16-13-26-31(14-16)22-10-8-21(9-11-22)24(33)30-29-23(32)20-6-4-19(5-7-20)15-34-25-27-17(2)12-18(3)28-25/h4-14H,15H2,1-3H3,(H,29,32)(H,30,33). The number of carbonyl (C=O) groups excluding carboxylic acids is 2. The number of nitrogens with zero attached hydrogens (tertiary/aromatic N) is 4. The number of hydrazine groups is 1. The molecule has 0 saturated heterocycles. The van der Waals surface area contributed by atoms with E-state index in [0.29, 0.717) is 16.9 Å². The van der Waals surface area contributed by atoms with Crippen molar-refractivity contribution in [3.8, 4) is 5.69 Å². The molecule has 0 aliphatic carbocycles. The Morgan fingerprint density at radius 2 is 1.41 bits per heavy atom. The Labute approximate surface area is 201 Å². The largest absolute Gasteiger partial charge is 0.269 e. The minimum absolute atomic E-state index is 0.395. The molecule has 4 aromatic rings. The Hall–Kier alpha value is -3.98. The molecule has 0 saturated carbocycles. The number of carbonyl (C=O) groups is 2. The molecule has 0 bridgehead atoms. The fraction of sp³-hybridized carbons (Fsp3) is 0.160. The van der Waals surface area contributed by atoms with Gasteiger partial charge in [0.2, 0.25) is 0 Å². The summed E-state index contributed by atoms with van der Waals surface area (Å²) in [4.78, 5) is 33.7. The maximum absolute atomic E-state index is 12.4. The molecule has 0 fully saturated rings. The molecule has 2 aromatic heterocycles. The average molecular weight is 473 g/mol. The molecule has 0 radical (unpaired) electrons. The molecule has 8 nitrogen and oxygen atoms in total. The van der Waals surface area contributed by atoms with E-state index in [1.165, 1.54) is 0 Å². The first-order valence-electron chi connectivity index (χ1n) is 10.6. The van der Waals surface area contributed by atoms with Crippen LogP contribution in [0.2, 0.25) is 0 Å². The topological polar surface area (TPSA) is 102 Å². The molecule has 172 valence electrons. The molecular formula is C25H24N6O2S. The smallest absolute Gasteiger partial charge is 0.267 e. The zero-order valence-electron chi connectivity index (χ0n) is 19.1. The molecule has 0 atom stereocenters. The summed E-state index contributed by atoms with van der Waals surface area (Å²) in [6.45, 7) is 5.85. The zero-order chi connectivity index (χ0) is 24.1. The van der Waals surface area contributed by atoms with Gasteiger partial charge in [0.1, 0.15) is 0 Å². The minimum Gasteiger partial charge on any atom is -0.267 e. The predicted octanol–water partition coefficient (Wildman–Crippen LogP) is 3.95. The number of benzene rings is 2. The van der Waals surface area contributed by atoms with Gasteiger partial charge in [0.15, 0.2) is 5.16 Å². The van der Waals surface area contributed by atoms with Crippen LogP contribution in [0.1, 0.15) is 43.2 Å². The fourth-order valence-electron chi connectivity index (χ4n) is 3.24. The van der Waals surface area contributed by atoms with Crippen molar-refractivity contribution in [3.63, 3.8) is 0 Å². The second-order valence-corrected chi connectivity index (χ2v) is 8.78. The van der Waals surface area contributed by atoms with Gasteiger partial charge in [-0.3, -0.25) is 20.4 Å². The highest BCUT2D eigenvalue weighted by atomic mass is 32.2. The van der Waals surface area contributed by atoms with Crippen molar-refractivity contribution >= 4 is 23.6 Å². The number of aromatic nitrogens is 4. The first-order valence-corrected chi connectivity index (χ1v) is 11.6. The van der Waals surface area contributed by atoms with Crippen LogP contribution >= 0.6 is 11.8 Å². The van der Waals surface area contributed by atoms with Gasteiger partial charge < -0.3 is 0 Å². The highest BCUT2D eigenvalue weighted by molar-refractivity contribution is 7.98. The molecule has 2 N–H and O–H groups in total. The third-order valence-corrected chi connectivity index (χ3v) is 5.86. The normalized spacial score (nSPS) is 10.7. The van der Waals surface area contributed by atoms with E-state index in [0.717, 1.165) is 33.4 Å². The van der Waals surface area contributed by atoms with Gasteiger partial charge >= 0.3 is 0 Å². The highest BCUT2D eigenvalue weighted by Crippen LogP contribution is 2.20. The summed E-state index contributed by atoms with van der Waals surface area (Å²) >= 11 is 1.54. The lowest BCUT2D eigenvalue weighted by Gasteiger charge is -2.09. The summed E-state index contributed by atoms with van der Waals surface area (Å²) < 4.78 is 1.73. The number of hydrogen-bond acceptors (Lipinski definition) is 6. The number of rotatable bonds is 6. The summed E-state index contributed by atoms with van der Waals surface area (Å²) in [5.41, 5.74) is 10.6. The quantitative estimate of drug-likeness (QED) is 0.250. The van der Waals surface area contributed by atoms with Crippen molar-refractivity contribution in [2.24, 2.45) is 0 Å². The second kappa shape index (κ2) is 10.3. The van der Waals surface area contributed by atoms with E-state index in [4.69, 9.17) is 0 Å². The van der Waals surface area contributed by atoms with Gasteiger partial charge in [-0.25, -0.2) is 14.6 Å². The monoisotopic (exact) mass is 472 g/mol. The molecule has 2 heterocycles. The van der Waals surface area contributed by atoms with Crippen molar-refractivity contribution in [2.45, 2.75) is 31.7 Å². The lowest BCUT2D eigenvalue weighted by molar-refractivity contribution is 0.0846.